The monoisotopic (exact) mass is 221 g/mol. The van der Waals surface area contributed by atoms with E-state index in [-0.39, 0.29) is 12.1 Å². The molecule has 3 heteroatoms. The van der Waals surface area contributed by atoms with Crippen LogP contribution in [-0.4, -0.2) is 26.9 Å². The Bertz CT molecular complexity index is 340. The summed E-state index contributed by atoms with van der Waals surface area (Å²) in [6.45, 7) is 1.04. The van der Waals surface area contributed by atoms with Crippen LogP contribution in [-0.2, 0) is 4.74 Å². The van der Waals surface area contributed by atoms with E-state index in [9.17, 15) is 0 Å². The molecule has 0 radical (unpaired) electrons. The molecule has 2 rings (SSSR count). The second-order valence-corrected chi connectivity index (χ2v) is 4.09. The number of methoxy groups -OCH3 is 2. The molecule has 2 atom stereocenters. The summed E-state index contributed by atoms with van der Waals surface area (Å²) < 4.78 is 10.9. The Hall–Kier alpha value is -1.06. The van der Waals surface area contributed by atoms with Gasteiger partial charge in [0.2, 0.25) is 0 Å². The standard InChI is InChI=1S/C13H19NO2/c1-15-11-7-4-3-6-10(11)13-12(16-2)8-5-9-14-13/h3-4,6-7,12-14H,5,8-9H2,1-2H3. The van der Waals surface area contributed by atoms with Crippen LogP contribution in [0.2, 0.25) is 0 Å². The van der Waals surface area contributed by atoms with Crippen LogP contribution in [0.4, 0.5) is 0 Å². The number of ether oxygens (including phenoxy) is 2. The maximum absolute atomic E-state index is 5.54. The molecule has 1 aromatic rings. The highest BCUT2D eigenvalue weighted by Gasteiger charge is 2.27. The first kappa shape index (κ1) is 11.4. The molecular formula is C13H19NO2. The van der Waals surface area contributed by atoms with Gasteiger partial charge in [-0.1, -0.05) is 18.2 Å². The molecule has 1 aliphatic rings. The molecule has 0 saturated carbocycles. The van der Waals surface area contributed by atoms with Gasteiger partial charge in [-0.05, 0) is 25.5 Å². The minimum atomic E-state index is 0.241. The quantitative estimate of drug-likeness (QED) is 0.848. The van der Waals surface area contributed by atoms with E-state index in [1.54, 1.807) is 14.2 Å². The normalized spacial score (nSPS) is 25.4. The first-order valence-electron chi connectivity index (χ1n) is 5.76. The topological polar surface area (TPSA) is 30.5 Å². The maximum Gasteiger partial charge on any atom is 0.123 e. The molecule has 16 heavy (non-hydrogen) atoms. The van der Waals surface area contributed by atoms with Crippen molar-refractivity contribution < 1.29 is 9.47 Å². The summed E-state index contributed by atoms with van der Waals surface area (Å²) in [6, 6.07) is 8.38. The number of piperidine rings is 1. The highest BCUT2D eigenvalue weighted by Crippen LogP contribution is 2.31. The minimum absolute atomic E-state index is 0.241. The van der Waals surface area contributed by atoms with Gasteiger partial charge in [0, 0.05) is 12.7 Å². The summed E-state index contributed by atoms with van der Waals surface area (Å²) in [5.74, 6) is 0.934. The molecule has 0 amide bonds. The molecule has 1 aliphatic heterocycles. The van der Waals surface area contributed by atoms with Gasteiger partial charge in [-0.3, -0.25) is 0 Å². The molecule has 88 valence electrons. The summed E-state index contributed by atoms with van der Waals surface area (Å²) in [7, 11) is 3.49. The second-order valence-electron chi connectivity index (χ2n) is 4.09. The van der Waals surface area contributed by atoms with Gasteiger partial charge >= 0.3 is 0 Å². The summed E-state index contributed by atoms with van der Waals surface area (Å²) in [5, 5.41) is 3.51. The Morgan fingerprint density at radius 3 is 2.81 bits per heavy atom. The highest BCUT2D eigenvalue weighted by molar-refractivity contribution is 5.36. The van der Waals surface area contributed by atoms with Gasteiger partial charge in [-0.15, -0.1) is 0 Å². The van der Waals surface area contributed by atoms with Crippen molar-refractivity contribution in [3.05, 3.63) is 29.8 Å². The average Bonchev–Trinajstić information content (AvgIpc) is 2.38. The number of para-hydroxylation sites is 1. The maximum atomic E-state index is 5.54. The third-order valence-corrected chi connectivity index (χ3v) is 3.18. The first-order chi connectivity index (χ1) is 7.86. The van der Waals surface area contributed by atoms with Gasteiger partial charge in [0.05, 0.1) is 19.3 Å². The van der Waals surface area contributed by atoms with Crippen LogP contribution < -0.4 is 10.1 Å². The largest absolute Gasteiger partial charge is 0.496 e. The summed E-state index contributed by atoms with van der Waals surface area (Å²) in [4.78, 5) is 0. The SMILES string of the molecule is COc1ccccc1C1NCCCC1OC. The molecule has 1 N–H and O–H groups in total. The molecule has 0 aliphatic carbocycles. The number of rotatable bonds is 3. The Morgan fingerprint density at radius 1 is 1.25 bits per heavy atom. The Morgan fingerprint density at radius 2 is 2.06 bits per heavy atom. The van der Waals surface area contributed by atoms with Crippen LogP contribution >= 0.6 is 0 Å². The van der Waals surface area contributed by atoms with E-state index in [1.165, 1.54) is 12.0 Å². The van der Waals surface area contributed by atoms with Crippen molar-refractivity contribution in [1.29, 1.82) is 0 Å². The molecule has 1 fully saturated rings. The average molecular weight is 221 g/mol. The smallest absolute Gasteiger partial charge is 0.123 e. The Labute approximate surface area is 96.8 Å². The van der Waals surface area contributed by atoms with Gasteiger partial charge in [-0.2, -0.15) is 0 Å². The zero-order valence-corrected chi connectivity index (χ0v) is 9.90. The van der Waals surface area contributed by atoms with Crippen LogP contribution in [0.15, 0.2) is 24.3 Å². The molecule has 3 nitrogen and oxygen atoms in total. The minimum Gasteiger partial charge on any atom is -0.496 e. The number of hydrogen-bond donors (Lipinski definition) is 1. The molecule has 1 heterocycles. The number of benzene rings is 1. The Kier molecular flexibility index (Phi) is 3.80. The van der Waals surface area contributed by atoms with Gasteiger partial charge in [0.25, 0.3) is 0 Å². The highest BCUT2D eigenvalue weighted by atomic mass is 16.5. The third kappa shape index (κ3) is 2.20. The summed E-state index contributed by atoms with van der Waals surface area (Å²) in [5.41, 5.74) is 1.19. The van der Waals surface area contributed by atoms with Crippen LogP contribution in [0.3, 0.4) is 0 Å². The molecule has 1 saturated heterocycles. The predicted molar refractivity (Wildman–Crippen MR) is 63.8 cm³/mol. The van der Waals surface area contributed by atoms with Crippen molar-refractivity contribution in [2.45, 2.75) is 25.0 Å². The molecular weight excluding hydrogens is 202 g/mol. The van der Waals surface area contributed by atoms with Crippen LogP contribution in [0.5, 0.6) is 5.75 Å². The van der Waals surface area contributed by atoms with Crippen molar-refractivity contribution in [3.8, 4) is 5.75 Å². The van der Waals surface area contributed by atoms with Crippen molar-refractivity contribution in [1.82, 2.24) is 5.32 Å². The summed E-state index contributed by atoms with van der Waals surface area (Å²) in [6.07, 6.45) is 2.51. The molecule has 0 aromatic heterocycles. The van der Waals surface area contributed by atoms with E-state index < -0.39 is 0 Å². The van der Waals surface area contributed by atoms with Crippen LogP contribution in [0, 0.1) is 0 Å². The van der Waals surface area contributed by atoms with Gasteiger partial charge in [0.15, 0.2) is 0 Å². The van der Waals surface area contributed by atoms with Gasteiger partial charge in [-0.25, -0.2) is 0 Å². The fourth-order valence-corrected chi connectivity index (χ4v) is 2.35. The molecule has 0 bridgehead atoms. The molecule has 1 aromatic carbocycles. The number of hydrogen-bond acceptors (Lipinski definition) is 3. The van der Waals surface area contributed by atoms with E-state index >= 15 is 0 Å². The Balaban J connectivity index is 2.26. The van der Waals surface area contributed by atoms with Crippen LogP contribution in [0.1, 0.15) is 24.4 Å². The second kappa shape index (κ2) is 5.32. The zero-order valence-electron chi connectivity index (χ0n) is 9.90. The lowest BCUT2D eigenvalue weighted by molar-refractivity contribution is 0.0444. The van der Waals surface area contributed by atoms with Gasteiger partial charge in [0.1, 0.15) is 5.75 Å². The van der Waals surface area contributed by atoms with Crippen molar-refractivity contribution in [2.24, 2.45) is 0 Å². The predicted octanol–water partition coefficient (Wildman–Crippen LogP) is 2.13. The first-order valence-corrected chi connectivity index (χ1v) is 5.76. The third-order valence-electron chi connectivity index (χ3n) is 3.18. The van der Waals surface area contributed by atoms with E-state index in [0.29, 0.717) is 0 Å². The lowest BCUT2D eigenvalue weighted by Gasteiger charge is -2.32. The van der Waals surface area contributed by atoms with E-state index in [1.807, 2.05) is 18.2 Å². The lowest BCUT2D eigenvalue weighted by atomic mass is 9.94. The molecule has 0 spiro atoms. The molecule has 2 unspecified atom stereocenters. The van der Waals surface area contributed by atoms with E-state index in [2.05, 4.69) is 11.4 Å². The fourth-order valence-electron chi connectivity index (χ4n) is 2.35. The van der Waals surface area contributed by atoms with E-state index in [4.69, 9.17) is 9.47 Å². The zero-order chi connectivity index (χ0) is 11.4. The summed E-state index contributed by atoms with van der Waals surface area (Å²) >= 11 is 0. The lowest BCUT2D eigenvalue weighted by Crippen LogP contribution is -2.38. The van der Waals surface area contributed by atoms with E-state index in [0.717, 1.165) is 18.7 Å². The number of nitrogens with one attached hydrogen (secondary N) is 1. The van der Waals surface area contributed by atoms with Crippen molar-refractivity contribution in [3.63, 3.8) is 0 Å². The fraction of sp³-hybridized carbons (Fsp3) is 0.538. The van der Waals surface area contributed by atoms with Crippen molar-refractivity contribution >= 4 is 0 Å². The van der Waals surface area contributed by atoms with Gasteiger partial charge < -0.3 is 14.8 Å². The van der Waals surface area contributed by atoms with Crippen LogP contribution in [0.25, 0.3) is 0 Å². The van der Waals surface area contributed by atoms with Crippen molar-refractivity contribution in [2.75, 3.05) is 20.8 Å².